The molecule has 0 saturated carbocycles. The molecule has 4 heterocycles. The number of carbonyl (C=O) groups is 2. The third-order valence-electron chi connectivity index (χ3n) is 5.37. The number of likely N-dealkylation sites (tertiary alicyclic amines) is 1. The first-order chi connectivity index (χ1) is 15.1. The third-order valence-corrected chi connectivity index (χ3v) is 5.37. The smallest absolute Gasteiger partial charge is 0.475 e. The molecule has 2 saturated heterocycles. The van der Waals surface area contributed by atoms with E-state index in [4.69, 9.17) is 23.5 Å². The number of furan rings is 2. The minimum atomic E-state index is -5.08. The summed E-state index contributed by atoms with van der Waals surface area (Å²) in [7, 11) is 0. The summed E-state index contributed by atoms with van der Waals surface area (Å²) >= 11 is 0. The van der Waals surface area contributed by atoms with Crippen molar-refractivity contribution in [3.8, 4) is 0 Å². The number of rotatable bonds is 5. The number of ether oxygens (including phenoxy) is 1. The second kappa shape index (κ2) is 10.2. The fourth-order valence-corrected chi connectivity index (χ4v) is 3.88. The Morgan fingerprint density at radius 2 is 1.94 bits per heavy atom. The van der Waals surface area contributed by atoms with Gasteiger partial charge in [0.2, 0.25) is 5.91 Å². The van der Waals surface area contributed by atoms with E-state index < -0.39 is 12.1 Å². The summed E-state index contributed by atoms with van der Waals surface area (Å²) in [5, 5.41) is 10.0. The number of halogens is 3. The van der Waals surface area contributed by atoms with E-state index in [0.29, 0.717) is 12.6 Å². The summed E-state index contributed by atoms with van der Waals surface area (Å²) in [5.41, 5.74) is 0. The molecule has 2 aliphatic heterocycles. The number of carbonyl (C=O) groups excluding carboxylic acids is 1. The Kier molecular flexibility index (Phi) is 7.62. The molecule has 0 aliphatic carbocycles. The van der Waals surface area contributed by atoms with E-state index >= 15 is 0 Å². The molecule has 8 nitrogen and oxygen atoms in total. The molecule has 2 aromatic rings. The van der Waals surface area contributed by atoms with E-state index in [0.717, 1.165) is 49.6 Å². The number of nitrogens with zero attached hydrogens (tertiary/aromatic N) is 1. The van der Waals surface area contributed by atoms with Gasteiger partial charge in [0, 0.05) is 12.6 Å². The largest absolute Gasteiger partial charge is 0.490 e. The van der Waals surface area contributed by atoms with Crippen molar-refractivity contribution in [3.63, 3.8) is 0 Å². The molecule has 0 unspecified atom stereocenters. The van der Waals surface area contributed by atoms with E-state index in [1.54, 1.807) is 6.26 Å². The van der Waals surface area contributed by atoms with Gasteiger partial charge in [-0.15, -0.1) is 0 Å². The van der Waals surface area contributed by atoms with Gasteiger partial charge in [-0.05, 0) is 50.5 Å². The van der Waals surface area contributed by atoms with Crippen LogP contribution in [0.4, 0.5) is 13.2 Å². The monoisotopic (exact) mass is 458 g/mol. The molecule has 0 spiro atoms. The van der Waals surface area contributed by atoms with Crippen LogP contribution in [0.15, 0.2) is 39.4 Å². The van der Waals surface area contributed by atoms with Gasteiger partial charge < -0.3 is 24.0 Å². The average Bonchev–Trinajstić information content (AvgIpc) is 3.48. The van der Waals surface area contributed by atoms with Crippen LogP contribution in [-0.4, -0.2) is 52.9 Å². The summed E-state index contributed by atoms with van der Waals surface area (Å²) in [6.45, 7) is 4.17. The van der Waals surface area contributed by atoms with E-state index in [2.05, 4.69) is 10.2 Å². The zero-order valence-electron chi connectivity index (χ0n) is 17.4. The zero-order chi connectivity index (χ0) is 23.3. The maximum absolute atomic E-state index is 12.4. The number of fused-ring (bicyclic) bond motifs is 1. The molecule has 1 amide bonds. The first-order valence-electron chi connectivity index (χ1n) is 10.2. The quantitative estimate of drug-likeness (QED) is 0.709. The van der Waals surface area contributed by atoms with E-state index in [9.17, 15) is 18.0 Å². The van der Waals surface area contributed by atoms with Crippen molar-refractivity contribution in [1.82, 2.24) is 10.2 Å². The van der Waals surface area contributed by atoms with Crippen molar-refractivity contribution in [1.29, 1.82) is 0 Å². The van der Waals surface area contributed by atoms with Crippen LogP contribution in [0.3, 0.4) is 0 Å². The van der Waals surface area contributed by atoms with Crippen LogP contribution in [-0.2, 0) is 27.4 Å². The Hall–Kier alpha value is -2.79. The molecule has 32 heavy (non-hydrogen) atoms. The molecule has 2 aromatic heterocycles. The molecule has 0 bridgehead atoms. The van der Waals surface area contributed by atoms with Crippen molar-refractivity contribution >= 4 is 11.9 Å². The highest BCUT2D eigenvalue weighted by molar-refractivity contribution is 5.80. The van der Waals surface area contributed by atoms with Crippen LogP contribution in [0.1, 0.15) is 36.5 Å². The Morgan fingerprint density at radius 1 is 1.19 bits per heavy atom. The highest BCUT2D eigenvalue weighted by atomic mass is 19.4. The van der Waals surface area contributed by atoms with Gasteiger partial charge in [-0.25, -0.2) is 4.79 Å². The fraction of sp³-hybridized carbons (Fsp3) is 0.524. The molecule has 2 aliphatic rings. The number of carboxylic acids is 1. The molecule has 3 atom stereocenters. The van der Waals surface area contributed by atoms with Gasteiger partial charge in [0.15, 0.2) is 0 Å². The maximum Gasteiger partial charge on any atom is 0.490 e. The second-order valence-electron chi connectivity index (χ2n) is 7.68. The lowest BCUT2D eigenvalue weighted by molar-refractivity contribution is -0.192. The first-order valence-corrected chi connectivity index (χ1v) is 10.2. The Morgan fingerprint density at radius 3 is 2.53 bits per heavy atom. The normalized spacial score (nSPS) is 23.2. The molecule has 4 rings (SSSR count). The molecule has 2 fully saturated rings. The molecular weight excluding hydrogens is 433 g/mol. The molecule has 0 radical (unpaired) electrons. The number of amides is 1. The van der Waals surface area contributed by atoms with E-state index in [-0.39, 0.29) is 18.1 Å². The highest BCUT2D eigenvalue weighted by Crippen LogP contribution is 2.32. The third kappa shape index (κ3) is 6.36. The zero-order valence-corrected chi connectivity index (χ0v) is 17.4. The van der Waals surface area contributed by atoms with Crippen LogP contribution >= 0.6 is 0 Å². The summed E-state index contributed by atoms with van der Waals surface area (Å²) in [6, 6.07) is 8.08. The van der Waals surface area contributed by atoms with Gasteiger partial charge in [0.05, 0.1) is 25.5 Å². The molecular formula is C21H25F3N2O6. The van der Waals surface area contributed by atoms with E-state index in [1.165, 1.54) is 0 Å². The van der Waals surface area contributed by atoms with Crippen LogP contribution < -0.4 is 5.32 Å². The number of aliphatic carboxylic acids is 1. The Balaban J connectivity index is 0.000000360. The molecule has 0 aromatic carbocycles. The lowest BCUT2D eigenvalue weighted by atomic mass is 9.98. The number of alkyl halides is 3. The molecule has 11 heteroatoms. The molecule has 176 valence electrons. The Bertz CT molecular complexity index is 896. The second-order valence-corrected chi connectivity index (χ2v) is 7.68. The standard InChI is InChI=1S/C19H24N2O4.C2HF3O2/c1-13-4-5-15(24-13)12-21-9-8-17-16(21)6-7-18(25-17)19(22)20-11-14-3-2-10-23-14;3-2(4,5)1(6)7/h2-5,10,16-18H,6-9,11-12H2,1H3,(H,20,22);(H,6,7)/t16-,17-,18-;/m1./s1. The van der Waals surface area contributed by atoms with Crippen LogP contribution in [0.25, 0.3) is 0 Å². The van der Waals surface area contributed by atoms with Gasteiger partial charge in [-0.2, -0.15) is 13.2 Å². The molecule has 2 N–H and O–H groups in total. The van der Waals surface area contributed by atoms with Gasteiger partial charge in [0.25, 0.3) is 0 Å². The van der Waals surface area contributed by atoms with Crippen molar-refractivity contribution < 1.29 is 41.4 Å². The van der Waals surface area contributed by atoms with Gasteiger partial charge in [-0.1, -0.05) is 0 Å². The van der Waals surface area contributed by atoms with Crippen LogP contribution in [0.2, 0.25) is 0 Å². The van der Waals surface area contributed by atoms with Gasteiger partial charge in [0.1, 0.15) is 23.4 Å². The van der Waals surface area contributed by atoms with Crippen LogP contribution in [0, 0.1) is 6.92 Å². The summed E-state index contributed by atoms with van der Waals surface area (Å²) in [5.74, 6) is -0.110. The van der Waals surface area contributed by atoms with E-state index in [1.807, 2.05) is 31.2 Å². The van der Waals surface area contributed by atoms with Crippen molar-refractivity contribution in [2.75, 3.05) is 6.54 Å². The fourth-order valence-electron chi connectivity index (χ4n) is 3.88. The van der Waals surface area contributed by atoms with Crippen molar-refractivity contribution in [2.45, 2.75) is 63.7 Å². The highest BCUT2D eigenvalue weighted by Gasteiger charge is 2.42. The van der Waals surface area contributed by atoms with Crippen LogP contribution in [0.5, 0.6) is 0 Å². The van der Waals surface area contributed by atoms with Crippen molar-refractivity contribution in [3.05, 3.63) is 47.8 Å². The van der Waals surface area contributed by atoms with Gasteiger partial charge in [-0.3, -0.25) is 9.69 Å². The Labute approximate surface area is 182 Å². The summed E-state index contributed by atoms with van der Waals surface area (Å²) in [4.78, 5) is 23.7. The first kappa shape index (κ1) is 23.9. The van der Waals surface area contributed by atoms with Crippen molar-refractivity contribution in [2.24, 2.45) is 0 Å². The summed E-state index contributed by atoms with van der Waals surface area (Å²) in [6.07, 6.45) is -1.02. The van der Waals surface area contributed by atoms with Gasteiger partial charge >= 0.3 is 12.1 Å². The number of carboxylic acid groups (broad SMARTS) is 1. The predicted molar refractivity (Wildman–Crippen MR) is 104 cm³/mol. The predicted octanol–water partition coefficient (Wildman–Crippen LogP) is 3.25. The number of hydrogen-bond donors (Lipinski definition) is 2. The lowest BCUT2D eigenvalue weighted by Crippen LogP contribution is -2.47. The SMILES string of the molecule is Cc1ccc(CN2CC[C@H]3O[C@@H](C(=O)NCc4ccco4)CC[C@H]32)o1.O=C(O)C(F)(F)F. The number of aryl methyl sites for hydroxylation is 1. The lowest BCUT2D eigenvalue weighted by Gasteiger charge is -2.35. The minimum absolute atomic E-state index is 0.0463. The summed E-state index contributed by atoms with van der Waals surface area (Å²) < 4.78 is 48.8. The minimum Gasteiger partial charge on any atom is -0.475 e. The maximum atomic E-state index is 12.4. The number of nitrogens with one attached hydrogen (secondary N) is 1. The average molecular weight is 458 g/mol. The number of hydrogen-bond acceptors (Lipinski definition) is 6. The topological polar surface area (TPSA) is 105 Å².